The van der Waals surface area contributed by atoms with Crippen molar-refractivity contribution in [3.63, 3.8) is 0 Å². The van der Waals surface area contributed by atoms with E-state index < -0.39 is 5.60 Å². The molecule has 0 atom stereocenters. The van der Waals surface area contributed by atoms with Crippen LogP contribution in [-0.4, -0.2) is 40.9 Å². The smallest absolute Gasteiger partial charge is 0.310 e. The minimum absolute atomic E-state index is 0.0982. The number of pyridine rings is 1. The maximum absolute atomic E-state index is 12.2. The third-order valence-electron chi connectivity index (χ3n) is 4.71. The van der Waals surface area contributed by atoms with E-state index in [1.807, 2.05) is 41.5 Å². The fourth-order valence-electron chi connectivity index (χ4n) is 3.17. The van der Waals surface area contributed by atoms with Crippen molar-refractivity contribution >= 4 is 27.6 Å². The molecular formula is C25H45BrN2O3. The average Bonchev–Trinajstić information content (AvgIpc) is 2.60. The molecule has 1 aliphatic rings. The van der Waals surface area contributed by atoms with Crippen LogP contribution in [0, 0.1) is 19.3 Å². The Balaban J connectivity index is 0.00000113. The molecule has 0 aromatic carbocycles. The number of hydrogen-bond acceptors (Lipinski definition) is 5. The Morgan fingerprint density at radius 2 is 1.61 bits per heavy atom. The maximum atomic E-state index is 12.2. The molecule has 2 heterocycles. The second-order valence-corrected chi connectivity index (χ2v) is 10.8. The number of ether oxygens (including phenoxy) is 1. The number of esters is 1. The van der Waals surface area contributed by atoms with E-state index in [0.29, 0.717) is 5.41 Å². The van der Waals surface area contributed by atoms with Gasteiger partial charge in [-0.25, -0.2) is 0 Å². The second-order valence-electron chi connectivity index (χ2n) is 9.96. The molecule has 6 heteroatoms. The number of anilines is 1. The zero-order chi connectivity index (χ0) is 24.6. The molecule has 2 rings (SSSR count). The summed E-state index contributed by atoms with van der Waals surface area (Å²) < 4.78 is 6.35. The van der Waals surface area contributed by atoms with Gasteiger partial charge < -0.3 is 14.7 Å². The van der Waals surface area contributed by atoms with E-state index in [2.05, 4.69) is 39.7 Å². The first kappa shape index (κ1) is 29.9. The highest BCUT2D eigenvalue weighted by Gasteiger charge is 2.29. The molecule has 5 nitrogen and oxygen atoms in total. The predicted octanol–water partition coefficient (Wildman–Crippen LogP) is 6.38. The number of halogens is 1. The van der Waals surface area contributed by atoms with Gasteiger partial charge in [0, 0.05) is 24.3 Å². The summed E-state index contributed by atoms with van der Waals surface area (Å²) in [5.74, 6) is -0.191. The van der Waals surface area contributed by atoms with Crippen LogP contribution in [-0.2, 0) is 16.0 Å². The molecule has 0 saturated carbocycles. The summed E-state index contributed by atoms with van der Waals surface area (Å²) in [4.78, 5) is 19.2. The van der Waals surface area contributed by atoms with Crippen molar-refractivity contribution in [2.75, 3.05) is 18.0 Å². The number of carbonyl (C=O) groups excluding carboxylic acids is 1. The summed E-state index contributed by atoms with van der Waals surface area (Å²) in [6.45, 7) is 23.6. The standard InChI is InChI=1S/C19H29BrN2O2.C4H10O.C2H6/c1-12(2)24-16(23)11-15-13(3)21-14(4)17(20)18(15)22-9-7-19(5,6)8-10-22;1-4(2,3)5;1-2/h12H,7-11H2,1-6H3;5H,1-3H3;1-2H3. The molecule has 31 heavy (non-hydrogen) atoms. The van der Waals surface area contributed by atoms with Crippen LogP contribution < -0.4 is 4.90 Å². The average molecular weight is 502 g/mol. The quantitative estimate of drug-likeness (QED) is 0.485. The molecule has 1 fully saturated rings. The second kappa shape index (κ2) is 12.8. The van der Waals surface area contributed by atoms with Gasteiger partial charge in [-0.3, -0.25) is 9.78 Å². The third-order valence-corrected chi connectivity index (χ3v) is 5.65. The van der Waals surface area contributed by atoms with Crippen molar-refractivity contribution in [3.8, 4) is 0 Å². The number of hydrogen-bond donors (Lipinski definition) is 1. The van der Waals surface area contributed by atoms with Gasteiger partial charge in [0.1, 0.15) is 0 Å². The van der Waals surface area contributed by atoms with Crippen molar-refractivity contribution in [2.24, 2.45) is 5.41 Å². The number of aromatic nitrogens is 1. The SMILES string of the molecule is CC.CC(C)(C)O.Cc1nc(C)c(CC(=O)OC(C)C)c(N2CCC(C)(C)CC2)c1Br. The monoisotopic (exact) mass is 500 g/mol. The van der Waals surface area contributed by atoms with Gasteiger partial charge in [0.05, 0.1) is 34.0 Å². The Labute approximate surface area is 199 Å². The van der Waals surface area contributed by atoms with E-state index in [9.17, 15) is 4.79 Å². The molecule has 1 aromatic rings. The fraction of sp³-hybridized carbons (Fsp3) is 0.760. The summed E-state index contributed by atoms with van der Waals surface area (Å²) in [5.41, 5.74) is 3.87. The molecule has 0 aliphatic carbocycles. The number of aryl methyl sites for hydroxylation is 2. The zero-order valence-electron chi connectivity index (χ0n) is 21.6. The molecule has 0 amide bonds. The van der Waals surface area contributed by atoms with Crippen molar-refractivity contribution in [3.05, 3.63) is 21.4 Å². The molecule has 1 aromatic heterocycles. The molecule has 0 spiro atoms. The van der Waals surface area contributed by atoms with Crippen LogP contribution in [0.1, 0.15) is 92.1 Å². The Bertz CT molecular complexity index is 694. The first-order valence-electron chi connectivity index (χ1n) is 11.4. The lowest BCUT2D eigenvalue weighted by molar-refractivity contribution is -0.146. The summed E-state index contributed by atoms with van der Waals surface area (Å²) in [6.07, 6.45) is 2.47. The van der Waals surface area contributed by atoms with E-state index in [-0.39, 0.29) is 18.5 Å². The summed E-state index contributed by atoms with van der Waals surface area (Å²) in [7, 11) is 0. The van der Waals surface area contributed by atoms with Crippen molar-refractivity contribution in [2.45, 2.75) is 107 Å². The molecular weight excluding hydrogens is 456 g/mol. The largest absolute Gasteiger partial charge is 0.463 e. The number of piperidine rings is 1. The van der Waals surface area contributed by atoms with Crippen LogP contribution in [0.15, 0.2) is 4.47 Å². The Morgan fingerprint density at radius 1 is 1.16 bits per heavy atom. The van der Waals surface area contributed by atoms with Gasteiger partial charge in [0.15, 0.2) is 0 Å². The topological polar surface area (TPSA) is 62.7 Å². The van der Waals surface area contributed by atoms with E-state index in [0.717, 1.165) is 53.0 Å². The van der Waals surface area contributed by atoms with E-state index in [4.69, 9.17) is 9.84 Å². The highest BCUT2D eigenvalue weighted by Crippen LogP contribution is 2.39. The predicted molar refractivity (Wildman–Crippen MR) is 135 cm³/mol. The lowest BCUT2D eigenvalue weighted by Crippen LogP contribution is -2.38. The zero-order valence-corrected chi connectivity index (χ0v) is 23.2. The highest BCUT2D eigenvalue weighted by molar-refractivity contribution is 9.10. The van der Waals surface area contributed by atoms with Crippen LogP contribution in [0.4, 0.5) is 5.69 Å². The van der Waals surface area contributed by atoms with Crippen LogP contribution in [0.3, 0.4) is 0 Å². The molecule has 0 bridgehead atoms. The summed E-state index contributed by atoms with van der Waals surface area (Å²) >= 11 is 3.71. The Hall–Kier alpha value is -1.14. The van der Waals surface area contributed by atoms with E-state index in [1.165, 1.54) is 0 Å². The van der Waals surface area contributed by atoms with E-state index >= 15 is 0 Å². The van der Waals surface area contributed by atoms with Gasteiger partial charge in [-0.1, -0.05) is 27.7 Å². The Morgan fingerprint density at radius 3 is 2.03 bits per heavy atom. The number of rotatable bonds is 4. The first-order chi connectivity index (χ1) is 14.1. The van der Waals surface area contributed by atoms with Crippen LogP contribution >= 0.6 is 15.9 Å². The van der Waals surface area contributed by atoms with Crippen molar-refractivity contribution in [1.29, 1.82) is 0 Å². The van der Waals surface area contributed by atoms with Gasteiger partial charge in [-0.2, -0.15) is 0 Å². The van der Waals surface area contributed by atoms with Gasteiger partial charge in [-0.05, 0) is 82.7 Å². The maximum Gasteiger partial charge on any atom is 0.310 e. The summed E-state index contributed by atoms with van der Waals surface area (Å²) in [5, 5.41) is 8.52. The normalized spacial score (nSPS) is 15.5. The minimum Gasteiger partial charge on any atom is -0.463 e. The van der Waals surface area contributed by atoms with Crippen LogP contribution in [0.25, 0.3) is 0 Å². The minimum atomic E-state index is -0.500. The Kier molecular flexibility index (Phi) is 12.3. The van der Waals surface area contributed by atoms with Crippen LogP contribution in [0.5, 0.6) is 0 Å². The molecule has 1 N–H and O–H groups in total. The van der Waals surface area contributed by atoms with Crippen molar-refractivity contribution < 1.29 is 14.6 Å². The molecule has 1 saturated heterocycles. The van der Waals surface area contributed by atoms with Gasteiger partial charge in [0.2, 0.25) is 0 Å². The van der Waals surface area contributed by atoms with Gasteiger partial charge in [0.25, 0.3) is 0 Å². The molecule has 0 unspecified atom stereocenters. The number of nitrogens with zero attached hydrogens (tertiary/aromatic N) is 2. The molecule has 180 valence electrons. The van der Waals surface area contributed by atoms with Gasteiger partial charge >= 0.3 is 5.97 Å². The molecule has 1 aliphatic heterocycles. The number of carbonyl (C=O) groups is 1. The first-order valence-corrected chi connectivity index (χ1v) is 12.2. The summed E-state index contributed by atoms with van der Waals surface area (Å²) in [6, 6.07) is 0. The number of aliphatic hydroxyl groups is 1. The van der Waals surface area contributed by atoms with Crippen LogP contribution in [0.2, 0.25) is 0 Å². The van der Waals surface area contributed by atoms with E-state index in [1.54, 1.807) is 20.8 Å². The lowest BCUT2D eigenvalue weighted by Gasteiger charge is -2.39. The molecule has 0 radical (unpaired) electrons. The van der Waals surface area contributed by atoms with Crippen molar-refractivity contribution in [1.82, 2.24) is 4.98 Å². The van der Waals surface area contributed by atoms with Gasteiger partial charge in [-0.15, -0.1) is 0 Å². The highest BCUT2D eigenvalue weighted by atomic mass is 79.9. The fourth-order valence-corrected chi connectivity index (χ4v) is 3.75. The third kappa shape index (κ3) is 11.3. The lowest BCUT2D eigenvalue weighted by atomic mass is 9.82.